The Bertz CT molecular complexity index is 1370. The van der Waals surface area contributed by atoms with Gasteiger partial charge in [0.15, 0.2) is 0 Å². The second-order valence-corrected chi connectivity index (χ2v) is 8.93. The van der Waals surface area contributed by atoms with E-state index in [1.165, 1.54) is 4.90 Å². The van der Waals surface area contributed by atoms with Crippen molar-refractivity contribution < 1.29 is 29.0 Å². The molecule has 0 saturated carbocycles. The van der Waals surface area contributed by atoms with Crippen LogP contribution in [0.4, 0.5) is 5.69 Å². The van der Waals surface area contributed by atoms with E-state index >= 15 is 0 Å². The summed E-state index contributed by atoms with van der Waals surface area (Å²) < 4.78 is 10.7. The van der Waals surface area contributed by atoms with Crippen LogP contribution >= 0.6 is 0 Å². The fraction of sp³-hybridized carbons (Fsp3) is 0.267. The largest absolute Gasteiger partial charge is 0.507 e. The molecule has 8 nitrogen and oxygen atoms in total. The molecule has 8 heteroatoms. The Morgan fingerprint density at radius 3 is 2.37 bits per heavy atom. The van der Waals surface area contributed by atoms with Gasteiger partial charge in [-0.1, -0.05) is 19.1 Å². The molecule has 2 aromatic carbocycles. The number of hydrogen-bond donors (Lipinski definition) is 1. The molecular weight excluding hydrogens is 484 g/mol. The third kappa shape index (κ3) is 5.44. The van der Waals surface area contributed by atoms with Crippen LogP contribution in [0.5, 0.6) is 5.75 Å². The van der Waals surface area contributed by atoms with Crippen LogP contribution in [0.1, 0.15) is 48.6 Å². The number of aromatic nitrogens is 1. The van der Waals surface area contributed by atoms with Crippen LogP contribution in [0.3, 0.4) is 0 Å². The average molecular weight is 515 g/mol. The monoisotopic (exact) mass is 514 g/mol. The zero-order valence-corrected chi connectivity index (χ0v) is 21.6. The number of aryl methyl sites for hydroxylation is 1. The van der Waals surface area contributed by atoms with Gasteiger partial charge in [-0.15, -0.1) is 0 Å². The Morgan fingerprint density at radius 2 is 1.74 bits per heavy atom. The minimum Gasteiger partial charge on any atom is -0.507 e. The molecule has 1 aromatic heterocycles. The van der Waals surface area contributed by atoms with Crippen molar-refractivity contribution in [2.45, 2.75) is 39.7 Å². The zero-order chi connectivity index (χ0) is 27.2. The first-order valence-electron chi connectivity index (χ1n) is 12.5. The Kier molecular flexibility index (Phi) is 8.21. The van der Waals surface area contributed by atoms with Gasteiger partial charge in [-0.2, -0.15) is 0 Å². The topological polar surface area (TPSA) is 106 Å². The summed E-state index contributed by atoms with van der Waals surface area (Å²) in [5.41, 5.74) is 2.99. The van der Waals surface area contributed by atoms with E-state index in [-0.39, 0.29) is 23.7 Å². The highest BCUT2D eigenvalue weighted by Crippen LogP contribution is 2.42. The van der Waals surface area contributed by atoms with E-state index in [4.69, 9.17) is 9.47 Å². The molecule has 0 radical (unpaired) electrons. The van der Waals surface area contributed by atoms with Crippen LogP contribution in [0.25, 0.3) is 5.76 Å². The van der Waals surface area contributed by atoms with E-state index in [1.54, 1.807) is 73.9 Å². The predicted molar refractivity (Wildman–Crippen MR) is 143 cm³/mol. The van der Waals surface area contributed by atoms with Crippen molar-refractivity contribution in [3.8, 4) is 5.75 Å². The van der Waals surface area contributed by atoms with Crippen LogP contribution in [-0.2, 0) is 25.5 Å². The average Bonchev–Trinajstić information content (AvgIpc) is 3.18. The fourth-order valence-corrected chi connectivity index (χ4v) is 4.44. The number of amides is 1. The smallest absolute Gasteiger partial charge is 0.310 e. The zero-order valence-electron chi connectivity index (χ0n) is 21.6. The number of rotatable bonds is 9. The lowest BCUT2D eigenvalue weighted by molar-refractivity contribution is -0.142. The van der Waals surface area contributed by atoms with Crippen molar-refractivity contribution in [1.29, 1.82) is 0 Å². The Labute approximate surface area is 221 Å². The van der Waals surface area contributed by atoms with E-state index in [9.17, 15) is 19.5 Å². The molecule has 1 atom stereocenters. The number of ketones is 1. The summed E-state index contributed by atoms with van der Waals surface area (Å²) in [5, 5.41) is 11.4. The van der Waals surface area contributed by atoms with Gasteiger partial charge in [-0.05, 0) is 79.4 Å². The number of ether oxygens (including phenoxy) is 2. The van der Waals surface area contributed by atoms with Crippen LogP contribution in [0, 0.1) is 6.92 Å². The van der Waals surface area contributed by atoms with Gasteiger partial charge in [-0.25, -0.2) is 0 Å². The molecule has 1 N–H and O–H groups in total. The molecule has 1 aliphatic heterocycles. The summed E-state index contributed by atoms with van der Waals surface area (Å²) in [4.78, 5) is 44.0. The molecule has 0 aliphatic carbocycles. The number of hydrogen-bond acceptors (Lipinski definition) is 7. The Balaban J connectivity index is 1.76. The maximum atomic E-state index is 13.4. The lowest BCUT2D eigenvalue weighted by Crippen LogP contribution is -2.29. The van der Waals surface area contributed by atoms with Gasteiger partial charge in [-0.3, -0.25) is 24.3 Å². The second kappa shape index (κ2) is 11.7. The second-order valence-electron chi connectivity index (χ2n) is 8.93. The third-order valence-corrected chi connectivity index (χ3v) is 6.24. The summed E-state index contributed by atoms with van der Waals surface area (Å²) in [6.45, 7) is 6.48. The normalized spacial score (nSPS) is 16.5. The van der Waals surface area contributed by atoms with Gasteiger partial charge < -0.3 is 14.6 Å². The van der Waals surface area contributed by atoms with Crippen molar-refractivity contribution in [3.05, 3.63) is 94.8 Å². The fourth-order valence-electron chi connectivity index (χ4n) is 4.44. The molecule has 1 fully saturated rings. The molecule has 38 heavy (non-hydrogen) atoms. The SMILES string of the molecule is CCCOc1ccc(/C(O)=C2/C(=O)C(=O)N(c3ccc(CC(=O)OCC)cc3)C2c2ccncc2)cc1C. The first-order chi connectivity index (χ1) is 18.3. The summed E-state index contributed by atoms with van der Waals surface area (Å²) in [5.74, 6) is -1.47. The van der Waals surface area contributed by atoms with E-state index in [0.29, 0.717) is 41.3 Å². The molecule has 1 saturated heterocycles. The Morgan fingerprint density at radius 1 is 1.03 bits per heavy atom. The van der Waals surface area contributed by atoms with Crippen LogP contribution in [-0.4, -0.2) is 41.0 Å². The maximum absolute atomic E-state index is 13.4. The maximum Gasteiger partial charge on any atom is 0.310 e. The van der Waals surface area contributed by atoms with Crippen molar-refractivity contribution in [3.63, 3.8) is 0 Å². The van der Waals surface area contributed by atoms with Crippen molar-refractivity contribution in [2.24, 2.45) is 0 Å². The standard InChI is InChI=1S/C30H30N2O6/c1-4-16-38-24-11-8-22(17-19(24)3)28(34)26-27(21-12-14-31-15-13-21)32(30(36)29(26)35)23-9-6-20(7-10-23)18-25(33)37-5-2/h6-15,17,27,34H,4-5,16,18H2,1-3H3/b28-26-. The number of carbonyl (C=O) groups is 3. The van der Waals surface area contributed by atoms with Gasteiger partial charge >= 0.3 is 5.97 Å². The van der Waals surface area contributed by atoms with Gasteiger partial charge in [0.25, 0.3) is 11.7 Å². The lowest BCUT2D eigenvalue weighted by Gasteiger charge is -2.25. The molecule has 3 aromatic rings. The number of carbonyl (C=O) groups excluding carboxylic acids is 3. The minimum atomic E-state index is -0.870. The van der Waals surface area contributed by atoms with Gasteiger partial charge in [0.2, 0.25) is 0 Å². The van der Waals surface area contributed by atoms with Gasteiger partial charge in [0, 0.05) is 23.6 Å². The summed E-state index contributed by atoms with van der Waals surface area (Å²) in [6.07, 6.45) is 4.10. The van der Waals surface area contributed by atoms with Crippen molar-refractivity contribution in [2.75, 3.05) is 18.1 Å². The lowest BCUT2D eigenvalue weighted by atomic mass is 9.95. The molecule has 196 valence electrons. The number of aliphatic hydroxyl groups excluding tert-OH is 1. The minimum absolute atomic E-state index is 0.0153. The van der Waals surface area contributed by atoms with E-state index in [0.717, 1.165) is 12.0 Å². The van der Waals surface area contributed by atoms with Crippen molar-refractivity contribution in [1.82, 2.24) is 4.98 Å². The third-order valence-electron chi connectivity index (χ3n) is 6.24. The van der Waals surface area contributed by atoms with Crippen LogP contribution in [0.15, 0.2) is 72.6 Å². The highest BCUT2D eigenvalue weighted by atomic mass is 16.5. The number of pyridine rings is 1. The molecule has 1 amide bonds. The summed E-state index contributed by atoms with van der Waals surface area (Å²) in [7, 11) is 0. The first kappa shape index (κ1) is 26.6. The van der Waals surface area contributed by atoms with E-state index in [2.05, 4.69) is 4.98 Å². The number of Topliss-reactive ketones (excluding diaryl/α,β-unsaturated/α-hetero) is 1. The number of aliphatic hydroxyl groups is 1. The highest BCUT2D eigenvalue weighted by molar-refractivity contribution is 6.51. The first-order valence-corrected chi connectivity index (χ1v) is 12.5. The number of anilines is 1. The molecule has 0 bridgehead atoms. The molecule has 4 rings (SSSR count). The molecule has 2 heterocycles. The van der Waals surface area contributed by atoms with Gasteiger partial charge in [0.05, 0.1) is 31.2 Å². The van der Waals surface area contributed by atoms with E-state index in [1.807, 2.05) is 13.8 Å². The summed E-state index contributed by atoms with van der Waals surface area (Å²) in [6, 6.07) is 14.5. The summed E-state index contributed by atoms with van der Waals surface area (Å²) >= 11 is 0. The molecule has 0 spiro atoms. The van der Waals surface area contributed by atoms with Crippen molar-refractivity contribution >= 4 is 29.1 Å². The van der Waals surface area contributed by atoms with E-state index < -0.39 is 17.7 Å². The number of esters is 1. The number of nitrogens with zero attached hydrogens (tertiary/aromatic N) is 2. The Hall–Kier alpha value is -4.46. The molecule has 1 aliphatic rings. The number of benzene rings is 2. The molecule has 1 unspecified atom stereocenters. The van der Waals surface area contributed by atoms with Crippen LogP contribution in [0.2, 0.25) is 0 Å². The van der Waals surface area contributed by atoms with Crippen LogP contribution < -0.4 is 9.64 Å². The quantitative estimate of drug-likeness (QED) is 0.187. The molecular formula is C30H30N2O6. The predicted octanol–water partition coefficient (Wildman–Crippen LogP) is 4.91. The van der Waals surface area contributed by atoms with Gasteiger partial charge in [0.1, 0.15) is 11.5 Å². The highest BCUT2D eigenvalue weighted by Gasteiger charge is 2.47.